The lowest BCUT2D eigenvalue weighted by Gasteiger charge is -2.15. The molecule has 0 spiro atoms. The third-order valence-electron chi connectivity index (χ3n) is 2.65. The van der Waals surface area contributed by atoms with E-state index in [-0.39, 0.29) is 0 Å². The van der Waals surface area contributed by atoms with Crippen molar-refractivity contribution in [2.24, 2.45) is 0 Å². The molecule has 0 aliphatic carbocycles. The van der Waals surface area contributed by atoms with Gasteiger partial charge in [-0.3, -0.25) is 4.79 Å². The lowest BCUT2D eigenvalue weighted by molar-refractivity contribution is -0.139. The predicted octanol–water partition coefficient (Wildman–Crippen LogP) is 2.60. The molecule has 0 amide bonds. The summed E-state index contributed by atoms with van der Waals surface area (Å²) >= 11 is 0. The fourth-order valence-corrected chi connectivity index (χ4v) is 1.69. The number of benzene rings is 1. The van der Waals surface area contributed by atoms with Gasteiger partial charge in [0.15, 0.2) is 0 Å². The third-order valence-corrected chi connectivity index (χ3v) is 2.65. The Balaban J connectivity index is 2.69. The molecule has 0 saturated heterocycles. The second-order valence-corrected chi connectivity index (χ2v) is 4.08. The van der Waals surface area contributed by atoms with Gasteiger partial charge < -0.3 is 15.2 Å². The molecule has 1 aromatic rings. The van der Waals surface area contributed by atoms with Crippen LogP contribution < -0.4 is 10.1 Å². The number of hydrogen-bond donors (Lipinski definition) is 2. The molecule has 1 atom stereocenters. The Morgan fingerprint density at radius 3 is 2.50 bits per heavy atom. The highest BCUT2D eigenvalue weighted by atomic mass is 16.5. The van der Waals surface area contributed by atoms with E-state index in [1.54, 1.807) is 24.3 Å². The number of unbranched alkanes of at least 4 members (excludes halogenated alkanes) is 1. The molecule has 1 rings (SSSR count). The maximum absolute atomic E-state index is 11.2. The maximum Gasteiger partial charge on any atom is 0.325 e. The van der Waals surface area contributed by atoms with Crippen molar-refractivity contribution < 1.29 is 14.6 Å². The first-order valence-electron chi connectivity index (χ1n) is 6.38. The van der Waals surface area contributed by atoms with Crippen LogP contribution in [-0.2, 0) is 4.79 Å². The predicted molar refractivity (Wildman–Crippen MR) is 70.9 cm³/mol. The fourth-order valence-electron chi connectivity index (χ4n) is 1.69. The summed E-state index contributed by atoms with van der Waals surface area (Å²) in [6.45, 7) is 5.31. The van der Waals surface area contributed by atoms with Gasteiger partial charge in [0.05, 0.1) is 6.61 Å². The molecular weight excluding hydrogens is 230 g/mol. The molecule has 0 saturated carbocycles. The van der Waals surface area contributed by atoms with Gasteiger partial charge in [0.2, 0.25) is 0 Å². The lowest BCUT2D eigenvalue weighted by atomic mass is 10.1. The molecule has 4 heteroatoms. The van der Waals surface area contributed by atoms with Crippen LogP contribution in [0.15, 0.2) is 24.3 Å². The van der Waals surface area contributed by atoms with Gasteiger partial charge in [0.1, 0.15) is 11.8 Å². The average molecular weight is 251 g/mol. The number of nitrogens with one attached hydrogen (secondary N) is 1. The van der Waals surface area contributed by atoms with Crippen LogP contribution in [0.4, 0.5) is 0 Å². The van der Waals surface area contributed by atoms with Gasteiger partial charge in [0, 0.05) is 0 Å². The Hall–Kier alpha value is -1.55. The number of aliphatic carboxylic acids is 1. The summed E-state index contributed by atoms with van der Waals surface area (Å²) < 4.78 is 5.33. The minimum Gasteiger partial charge on any atom is -0.494 e. The summed E-state index contributed by atoms with van der Waals surface area (Å²) in [6, 6.07) is 6.55. The van der Waals surface area contributed by atoms with Crippen molar-refractivity contribution >= 4 is 5.97 Å². The molecule has 0 aliphatic heterocycles. The zero-order chi connectivity index (χ0) is 13.4. The molecule has 0 fully saturated rings. The van der Waals surface area contributed by atoms with Crippen molar-refractivity contribution in [3.63, 3.8) is 0 Å². The van der Waals surface area contributed by atoms with Gasteiger partial charge in [0.25, 0.3) is 0 Å². The van der Waals surface area contributed by atoms with Crippen molar-refractivity contribution in [3.8, 4) is 5.75 Å². The Labute approximate surface area is 108 Å². The van der Waals surface area contributed by atoms with E-state index in [1.807, 2.05) is 6.92 Å². The fraction of sp³-hybridized carbons (Fsp3) is 0.500. The molecule has 4 nitrogen and oxygen atoms in total. The largest absolute Gasteiger partial charge is 0.494 e. The summed E-state index contributed by atoms with van der Waals surface area (Å²) in [6.07, 6.45) is 2.02. The second kappa shape index (κ2) is 7.71. The summed E-state index contributed by atoms with van der Waals surface area (Å²) in [7, 11) is 0. The van der Waals surface area contributed by atoms with Crippen molar-refractivity contribution in [1.29, 1.82) is 0 Å². The van der Waals surface area contributed by atoms with E-state index in [0.29, 0.717) is 13.2 Å². The summed E-state index contributed by atoms with van der Waals surface area (Å²) in [4.78, 5) is 11.2. The molecule has 0 aliphatic rings. The number of ether oxygens (including phenoxy) is 1. The first kappa shape index (κ1) is 14.5. The van der Waals surface area contributed by atoms with Crippen molar-refractivity contribution in [3.05, 3.63) is 29.8 Å². The van der Waals surface area contributed by atoms with E-state index >= 15 is 0 Å². The first-order chi connectivity index (χ1) is 8.69. The molecule has 18 heavy (non-hydrogen) atoms. The normalized spacial score (nSPS) is 12.1. The van der Waals surface area contributed by atoms with Crippen LogP contribution in [0.3, 0.4) is 0 Å². The monoisotopic (exact) mass is 251 g/mol. The van der Waals surface area contributed by atoms with Gasteiger partial charge in [-0.15, -0.1) is 0 Å². The van der Waals surface area contributed by atoms with Crippen LogP contribution in [0, 0.1) is 0 Å². The Morgan fingerprint density at radius 2 is 2.00 bits per heavy atom. The molecule has 2 N–H and O–H groups in total. The Kier molecular flexibility index (Phi) is 6.22. The van der Waals surface area contributed by atoms with Crippen LogP contribution in [0.1, 0.15) is 38.3 Å². The standard InChI is InChI=1S/C14H21NO3/c1-3-5-10-15-13(14(16)17)11-6-8-12(9-7-11)18-4-2/h6-9,13,15H,3-5,10H2,1-2H3,(H,16,17). The zero-order valence-corrected chi connectivity index (χ0v) is 11.0. The van der Waals surface area contributed by atoms with Gasteiger partial charge in [-0.25, -0.2) is 0 Å². The lowest BCUT2D eigenvalue weighted by Crippen LogP contribution is -2.29. The van der Waals surface area contributed by atoms with Crippen LogP contribution in [0.25, 0.3) is 0 Å². The Morgan fingerprint density at radius 1 is 1.33 bits per heavy atom. The van der Waals surface area contributed by atoms with Gasteiger partial charge in [-0.2, -0.15) is 0 Å². The number of carboxylic acid groups (broad SMARTS) is 1. The van der Waals surface area contributed by atoms with Crippen molar-refractivity contribution in [2.45, 2.75) is 32.7 Å². The summed E-state index contributed by atoms with van der Waals surface area (Å²) in [5, 5.41) is 12.3. The van der Waals surface area contributed by atoms with Gasteiger partial charge in [-0.05, 0) is 37.6 Å². The molecule has 1 unspecified atom stereocenters. The average Bonchev–Trinajstić information content (AvgIpc) is 2.36. The highest BCUT2D eigenvalue weighted by Crippen LogP contribution is 2.18. The van der Waals surface area contributed by atoms with E-state index in [0.717, 1.165) is 24.2 Å². The molecular formula is C14H21NO3. The van der Waals surface area contributed by atoms with Gasteiger partial charge in [-0.1, -0.05) is 25.5 Å². The van der Waals surface area contributed by atoms with E-state index in [9.17, 15) is 9.90 Å². The number of hydrogen-bond acceptors (Lipinski definition) is 3. The molecule has 100 valence electrons. The second-order valence-electron chi connectivity index (χ2n) is 4.08. The first-order valence-corrected chi connectivity index (χ1v) is 6.38. The molecule has 0 aromatic heterocycles. The quantitative estimate of drug-likeness (QED) is 0.697. The van der Waals surface area contributed by atoms with Crippen LogP contribution >= 0.6 is 0 Å². The third kappa shape index (κ3) is 4.37. The van der Waals surface area contributed by atoms with Crippen molar-refractivity contribution in [1.82, 2.24) is 5.32 Å². The zero-order valence-electron chi connectivity index (χ0n) is 11.0. The highest BCUT2D eigenvalue weighted by molar-refractivity contribution is 5.75. The minimum absolute atomic E-state index is 0.608. The van der Waals surface area contributed by atoms with Crippen LogP contribution in [-0.4, -0.2) is 24.2 Å². The van der Waals surface area contributed by atoms with E-state index in [1.165, 1.54) is 0 Å². The van der Waals surface area contributed by atoms with E-state index in [4.69, 9.17) is 4.74 Å². The van der Waals surface area contributed by atoms with Crippen LogP contribution in [0.2, 0.25) is 0 Å². The Bertz CT molecular complexity index is 362. The molecule has 0 bridgehead atoms. The molecule has 0 heterocycles. The smallest absolute Gasteiger partial charge is 0.325 e. The number of rotatable bonds is 8. The maximum atomic E-state index is 11.2. The highest BCUT2D eigenvalue weighted by Gasteiger charge is 2.18. The minimum atomic E-state index is -0.852. The van der Waals surface area contributed by atoms with E-state index < -0.39 is 12.0 Å². The summed E-state index contributed by atoms with van der Waals surface area (Å²) in [5.41, 5.74) is 0.752. The van der Waals surface area contributed by atoms with E-state index in [2.05, 4.69) is 12.2 Å². The number of carboxylic acids is 1. The summed E-state index contributed by atoms with van der Waals surface area (Å²) in [5.74, 6) is -0.0887. The SMILES string of the molecule is CCCCNC(C(=O)O)c1ccc(OCC)cc1. The van der Waals surface area contributed by atoms with Crippen LogP contribution in [0.5, 0.6) is 5.75 Å². The molecule has 1 aromatic carbocycles. The number of carbonyl (C=O) groups is 1. The van der Waals surface area contributed by atoms with Gasteiger partial charge >= 0.3 is 5.97 Å². The van der Waals surface area contributed by atoms with Crippen molar-refractivity contribution in [2.75, 3.05) is 13.2 Å². The molecule has 0 radical (unpaired) electrons. The topological polar surface area (TPSA) is 58.6 Å².